The van der Waals surface area contributed by atoms with Crippen LogP contribution in [0.2, 0.25) is 0 Å². The summed E-state index contributed by atoms with van der Waals surface area (Å²) in [6, 6.07) is -3.10. The molecular weight excluding hydrogens is 511 g/mol. The first-order valence-electron chi connectivity index (χ1n) is 12.6. The molecule has 5 N–H and O–H groups in total. The number of rotatable bonds is 7. The fourth-order valence-electron chi connectivity index (χ4n) is 5.76. The van der Waals surface area contributed by atoms with Gasteiger partial charge in [-0.25, -0.2) is 0 Å². The van der Waals surface area contributed by atoms with Gasteiger partial charge in [-0.3, -0.25) is 19.2 Å². The van der Waals surface area contributed by atoms with Gasteiger partial charge in [0.15, 0.2) is 0 Å². The highest BCUT2D eigenvalue weighted by Gasteiger charge is 2.70. The van der Waals surface area contributed by atoms with Crippen LogP contribution < -0.4 is 21.7 Å². The van der Waals surface area contributed by atoms with E-state index in [-0.39, 0.29) is 42.0 Å². The minimum atomic E-state index is -5.16. The molecule has 7 atom stereocenters. The molecule has 210 valence electrons. The molecule has 2 aliphatic heterocycles. The molecule has 37 heavy (non-hydrogen) atoms. The molecule has 3 fully saturated rings. The van der Waals surface area contributed by atoms with Crippen molar-refractivity contribution in [3.8, 4) is 0 Å². The molecule has 1 aliphatic carbocycles. The topological polar surface area (TPSA) is 134 Å². The number of piperidine rings is 2. The van der Waals surface area contributed by atoms with Crippen molar-refractivity contribution in [3.05, 3.63) is 0 Å². The van der Waals surface area contributed by atoms with Crippen LogP contribution in [0.15, 0.2) is 0 Å². The van der Waals surface area contributed by atoms with Crippen molar-refractivity contribution in [1.29, 1.82) is 0 Å². The smallest absolute Gasteiger partial charge is 0.356 e. The predicted octanol–water partition coefficient (Wildman–Crippen LogP) is 1.18. The molecule has 2 heterocycles. The fraction of sp³-hybridized carbons (Fsp3) is 0.833. The highest BCUT2D eigenvalue weighted by molar-refractivity contribution is 7.80. The molecule has 0 bridgehead atoms. The fourth-order valence-corrected chi connectivity index (χ4v) is 5.96. The van der Waals surface area contributed by atoms with Gasteiger partial charge < -0.3 is 26.6 Å². The Bertz CT molecular complexity index is 936. The quantitative estimate of drug-likeness (QED) is 0.240. The van der Waals surface area contributed by atoms with Gasteiger partial charge in [0.05, 0.1) is 11.4 Å². The Morgan fingerprint density at radius 1 is 1.22 bits per heavy atom. The Morgan fingerprint density at radius 3 is 2.35 bits per heavy atom. The third kappa shape index (κ3) is 6.18. The lowest BCUT2D eigenvalue weighted by molar-refractivity contribution is -0.176. The summed E-state index contributed by atoms with van der Waals surface area (Å²) in [4.78, 5) is 52.5. The molecule has 1 unspecified atom stereocenters. The number of hydrogen-bond donors (Lipinski definition) is 5. The predicted molar refractivity (Wildman–Crippen MR) is 133 cm³/mol. The summed E-state index contributed by atoms with van der Waals surface area (Å²) in [7, 11) is 0. The molecule has 0 spiro atoms. The number of likely N-dealkylation sites (tertiary alicyclic amines) is 1. The van der Waals surface area contributed by atoms with Crippen molar-refractivity contribution in [2.75, 3.05) is 13.1 Å². The van der Waals surface area contributed by atoms with Crippen LogP contribution in [-0.4, -0.2) is 71.3 Å². The van der Waals surface area contributed by atoms with Crippen LogP contribution in [0.4, 0.5) is 13.2 Å². The van der Waals surface area contributed by atoms with Crippen LogP contribution in [0, 0.1) is 28.6 Å². The van der Waals surface area contributed by atoms with Gasteiger partial charge in [0.25, 0.3) is 0 Å². The zero-order chi connectivity index (χ0) is 28.1. The number of fused-ring (bicyclic) bond motifs is 1. The maximum atomic E-state index is 13.6. The first kappa shape index (κ1) is 29.5. The monoisotopic (exact) mass is 549 g/mol. The Kier molecular flexibility index (Phi) is 8.20. The number of alkyl halides is 3. The Morgan fingerprint density at radius 2 is 1.84 bits per heavy atom. The van der Waals surface area contributed by atoms with Crippen LogP contribution in [0.3, 0.4) is 0 Å². The van der Waals surface area contributed by atoms with E-state index in [2.05, 4.69) is 23.3 Å². The summed E-state index contributed by atoms with van der Waals surface area (Å²) in [6.07, 6.45) is -3.43. The van der Waals surface area contributed by atoms with E-state index in [4.69, 9.17) is 5.73 Å². The molecule has 0 aromatic carbocycles. The van der Waals surface area contributed by atoms with E-state index >= 15 is 0 Å². The van der Waals surface area contributed by atoms with Crippen molar-refractivity contribution in [2.24, 2.45) is 34.3 Å². The Labute approximate surface area is 220 Å². The summed E-state index contributed by atoms with van der Waals surface area (Å²) in [5.74, 6) is -4.12. The van der Waals surface area contributed by atoms with Gasteiger partial charge >= 0.3 is 12.1 Å². The Hall–Kier alpha value is -2.02. The zero-order valence-corrected chi connectivity index (χ0v) is 22.7. The SMILES string of the molecule is CC(C)(C)[C@H](NC(=O)C(F)(F)F)C(=O)N1C[C@H]2[C@@H]([C@H]1C(=O)N[C@@H](C[C@@H]1CCCNC1=O)C(N)S)C2(C)C. The van der Waals surface area contributed by atoms with Crippen molar-refractivity contribution in [2.45, 2.75) is 83.6 Å². The minimum absolute atomic E-state index is 0.0154. The second-order valence-corrected chi connectivity index (χ2v) is 12.7. The molecule has 3 rings (SSSR count). The van der Waals surface area contributed by atoms with Crippen LogP contribution in [0.25, 0.3) is 0 Å². The van der Waals surface area contributed by atoms with Crippen molar-refractivity contribution >= 4 is 36.3 Å². The van der Waals surface area contributed by atoms with E-state index in [0.717, 1.165) is 6.42 Å². The average Bonchev–Trinajstić information content (AvgIpc) is 3.09. The van der Waals surface area contributed by atoms with Crippen LogP contribution in [0.5, 0.6) is 0 Å². The minimum Gasteiger partial charge on any atom is -0.356 e. The number of nitrogens with one attached hydrogen (secondary N) is 3. The number of hydrogen-bond acceptors (Lipinski definition) is 6. The third-order valence-electron chi connectivity index (χ3n) is 8.08. The summed E-state index contributed by atoms with van der Waals surface area (Å²) >= 11 is 4.30. The second kappa shape index (κ2) is 10.3. The van der Waals surface area contributed by atoms with E-state index in [9.17, 15) is 32.3 Å². The van der Waals surface area contributed by atoms with Gasteiger partial charge in [0.1, 0.15) is 12.1 Å². The number of amides is 4. The van der Waals surface area contributed by atoms with Gasteiger partial charge in [-0.15, -0.1) is 0 Å². The van der Waals surface area contributed by atoms with Crippen molar-refractivity contribution < 1.29 is 32.3 Å². The standard InChI is InChI=1S/C24H38F3N5O4S/c1-22(2,3)16(31-21(36)24(25,26)27)20(35)32-10-12-14(23(12,4)5)15(32)19(34)30-13(17(28)37)9-11-7-6-8-29-18(11)33/h11-17,37H,6-10,28H2,1-5H3,(H,29,33)(H,30,34)(H,31,36)/t11-,12-,13-,14-,15-,16+,17?/m0/s1. The van der Waals surface area contributed by atoms with Crippen molar-refractivity contribution in [1.82, 2.24) is 20.9 Å². The molecule has 4 amide bonds. The number of thiol groups is 1. The van der Waals surface area contributed by atoms with Gasteiger partial charge in [0.2, 0.25) is 17.7 Å². The van der Waals surface area contributed by atoms with Gasteiger partial charge in [-0.2, -0.15) is 25.8 Å². The maximum absolute atomic E-state index is 13.6. The third-order valence-corrected chi connectivity index (χ3v) is 8.44. The van der Waals surface area contributed by atoms with Gasteiger partial charge in [-0.05, 0) is 41.9 Å². The molecule has 9 nitrogen and oxygen atoms in total. The zero-order valence-electron chi connectivity index (χ0n) is 21.8. The van der Waals surface area contributed by atoms with E-state index in [1.54, 1.807) is 20.8 Å². The molecule has 2 saturated heterocycles. The first-order valence-corrected chi connectivity index (χ1v) is 13.1. The van der Waals surface area contributed by atoms with E-state index in [1.807, 2.05) is 19.2 Å². The van der Waals surface area contributed by atoms with Crippen LogP contribution >= 0.6 is 12.6 Å². The van der Waals surface area contributed by atoms with Crippen LogP contribution in [-0.2, 0) is 19.2 Å². The Balaban J connectivity index is 1.82. The lowest BCUT2D eigenvalue weighted by Crippen LogP contribution is -2.61. The van der Waals surface area contributed by atoms with E-state index < -0.39 is 52.8 Å². The summed E-state index contributed by atoms with van der Waals surface area (Å²) < 4.78 is 39.0. The van der Waals surface area contributed by atoms with Gasteiger partial charge in [0, 0.05) is 19.0 Å². The number of nitrogens with two attached hydrogens (primary N) is 1. The largest absolute Gasteiger partial charge is 0.471 e. The van der Waals surface area contributed by atoms with Gasteiger partial charge in [-0.1, -0.05) is 34.6 Å². The van der Waals surface area contributed by atoms with E-state index in [1.165, 1.54) is 4.90 Å². The number of nitrogens with zero attached hydrogens (tertiary/aromatic N) is 1. The lowest BCUT2D eigenvalue weighted by atomic mass is 9.85. The molecule has 0 aromatic rings. The normalized spacial score (nSPS) is 29.5. The molecule has 0 radical (unpaired) electrons. The number of carbonyl (C=O) groups excluding carboxylic acids is 4. The average molecular weight is 550 g/mol. The number of halogens is 3. The second-order valence-electron chi connectivity index (χ2n) is 12.1. The summed E-state index contributed by atoms with van der Waals surface area (Å²) in [5, 5.41) is 6.73. The summed E-state index contributed by atoms with van der Waals surface area (Å²) in [6.45, 7) is 9.38. The molecule has 3 aliphatic rings. The summed E-state index contributed by atoms with van der Waals surface area (Å²) in [5.41, 5.74) is 4.73. The van der Waals surface area contributed by atoms with E-state index in [0.29, 0.717) is 13.0 Å². The molecular formula is C24H38F3N5O4S. The lowest BCUT2D eigenvalue weighted by Gasteiger charge is -2.38. The highest BCUT2D eigenvalue weighted by atomic mass is 32.1. The molecule has 0 aromatic heterocycles. The highest BCUT2D eigenvalue weighted by Crippen LogP contribution is 2.65. The van der Waals surface area contributed by atoms with Crippen molar-refractivity contribution in [3.63, 3.8) is 0 Å². The number of carbonyl (C=O) groups is 4. The molecule has 1 saturated carbocycles. The molecule has 13 heteroatoms. The first-order chi connectivity index (χ1) is 16.9. The maximum Gasteiger partial charge on any atom is 0.471 e. The van der Waals surface area contributed by atoms with Crippen LogP contribution in [0.1, 0.15) is 53.9 Å².